The minimum atomic E-state index is -0.475. The fourth-order valence-electron chi connectivity index (χ4n) is 2.05. The number of benzene rings is 1. The molecule has 21 heavy (non-hydrogen) atoms. The molecule has 1 aliphatic rings. The van der Waals surface area contributed by atoms with E-state index >= 15 is 0 Å². The van der Waals surface area contributed by atoms with Crippen molar-refractivity contribution >= 4 is 17.9 Å². The molecule has 1 aliphatic heterocycles. The molecule has 0 unspecified atom stereocenters. The molecule has 0 aromatic heterocycles. The molecule has 0 saturated carbocycles. The second kappa shape index (κ2) is 6.88. The van der Waals surface area contributed by atoms with Crippen molar-refractivity contribution in [2.24, 2.45) is 0 Å². The number of carbonyl (C=O) groups is 2. The molecule has 2 rings (SSSR count). The molecule has 6 heteroatoms. The molecule has 2 amide bonds. The summed E-state index contributed by atoms with van der Waals surface area (Å²) in [7, 11) is 1.39. The van der Waals surface area contributed by atoms with Gasteiger partial charge in [-0.3, -0.25) is 9.59 Å². The minimum absolute atomic E-state index is 0.0495. The summed E-state index contributed by atoms with van der Waals surface area (Å²) in [5.74, 6) is -0.554. The van der Waals surface area contributed by atoms with Gasteiger partial charge < -0.3 is 15.0 Å². The molecule has 1 aromatic rings. The van der Waals surface area contributed by atoms with Crippen LogP contribution in [0.1, 0.15) is 12.0 Å². The molecule has 1 heterocycles. The minimum Gasteiger partial charge on any atom is -0.494 e. The lowest BCUT2D eigenvalue weighted by Gasteiger charge is -2.17. The first-order valence-corrected chi connectivity index (χ1v) is 6.67. The van der Waals surface area contributed by atoms with Gasteiger partial charge in [0.05, 0.1) is 7.11 Å². The maximum absolute atomic E-state index is 13.5. The van der Waals surface area contributed by atoms with E-state index < -0.39 is 5.82 Å². The van der Waals surface area contributed by atoms with Gasteiger partial charge in [-0.05, 0) is 23.8 Å². The SMILES string of the molecule is COc1ccc(C=CC(=O)N2CCNC(=O)CC2)cc1F. The summed E-state index contributed by atoms with van der Waals surface area (Å²) in [5, 5.41) is 2.70. The first kappa shape index (κ1) is 15.0. The highest BCUT2D eigenvalue weighted by Gasteiger charge is 2.16. The predicted molar refractivity (Wildman–Crippen MR) is 76.2 cm³/mol. The largest absolute Gasteiger partial charge is 0.494 e. The van der Waals surface area contributed by atoms with Gasteiger partial charge in [-0.2, -0.15) is 0 Å². The van der Waals surface area contributed by atoms with Crippen LogP contribution in [-0.2, 0) is 9.59 Å². The average molecular weight is 292 g/mol. The molecule has 1 N–H and O–H groups in total. The maximum atomic E-state index is 13.5. The molecule has 112 valence electrons. The van der Waals surface area contributed by atoms with E-state index in [9.17, 15) is 14.0 Å². The van der Waals surface area contributed by atoms with Crippen LogP contribution in [-0.4, -0.2) is 43.5 Å². The fraction of sp³-hybridized carbons (Fsp3) is 0.333. The number of rotatable bonds is 3. The van der Waals surface area contributed by atoms with E-state index in [2.05, 4.69) is 5.32 Å². The van der Waals surface area contributed by atoms with E-state index in [1.54, 1.807) is 17.0 Å². The molecule has 0 aliphatic carbocycles. The molecular weight excluding hydrogens is 275 g/mol. The standard InChI is InChI=1S/C15H17FN2O3/c1-21-13-4-2-11(10-12(13)16)3-5-15(20)18-8-6-14(19)17-7-9-18/h2-5,10H,6-9H2,1H3,(H,17,19). The first-order chi connectivity index (χ1) is 10.1. The van der Waals surface area contributed by atoms with E-state index in [1.807, 2.05) is 0 Å². The van der Waals surface area contributed by atoms with Crippen molar-refractivity contribution < 1.29 is 18.7 Å². The Morgan fingerprint density at radius 1 is 1.43 bits per heavy atom. The van der Waals surface area contributed by atoms with Crippen LogP contribution < -0.4 is 10.1 Å². The molecule has 1 saturated heterocycles. The van der Waals surface area contributed by atoms with Gasteiger partial charge in [-0.15, -0.1) is 0 Å². The van der Waals surface area contributed by atoms with E-state index in [1.165, 1.54) is 25.3 Å². The Morgan fingerprint density at radius 3 is 2.95 bits per heavy atom. The number of carbonyl (C=O) groups excluding carboxylic acids is 2. The number of methoxy groups -OCH3 is 1. The molecule has 1 aromatic carbocycles. The van der Waals surface area contributed by atoms with Crippen LogP contribution in [0, 0.1) is 5.82 Å². The van der Waals surface area contributed by atoms with Crippen molar-refractivity contribution in [3.63, 3.8) is 0 Å². The Labute approximate surface area is 122 Å². The average Bonchev–Trinajstić information content (AvgIpc) is 2.69. The van der Waals surface area contributed by atoms with Crippen molar-refractivity contribution in [2.75, 3.05) is 26.7 Å². The zero-order valence-electron chi connectivity index (χ0n) is 11.8. The van der Waals surface area contributed by atoms with Crippen LogP contribution in [0.15, 0.2) is 24.3 Å². The van der Waals surface area contributed by atoms with Gasteiger partial charge in [0, 0.05) is 32.1 Å². The van der Waals surface area contributed by atoms with Gasteiger partial charge in [0.1, 0.15) is 0 Å². The highest BCUT2D eigenvalue weighted by atomic mass is 19.1. The number of amides is 2. The molecule has 0 radical (unpaired) electrons. The number of halogens is 1. The van der Waals surface area contributed by atoms with Crippen molar-refractivity contribution in [3.05, 3.63) is 35.7 Å². The maximum Gasteiger partial charge on any atom is 0.246 e. The van der Waals surface area contributed by atoms with E-state index in [-0.39, 0.29) is 17.6 Å². The highest BCUT2D eigenvalue weighted by Crippen LogP contribution is 2.18. The zero-order valence-corrected chi connectivity index (χ0v) is 11.8. The Morgan fingerprint density at radius 2 is 2.24 bits per heavy atom. The summed E-state index contributed by atoms with van der Waals surface area (Å²) in [6.45, 7) is 1.33. The van der Waals surface area contributed by atoms with Crippen LogP contribution >= 0.6 is 0 Å². The molecule has 0 spiro atoms. The van der Waals surface area contributed by atoms with Gasteiger partial charge in [0.25, 0.3) is 0 Å². The fourth-order valence-corrected chi connectivity index (χ4v) is 2.05. The summed E-state index contributed by atoms with van der Waals surface area (Å²) in [6, 6.07) is 4.48. The smallest absolute Gasteiger partial charge is 0.246 e. The van der Waals surface area contributed by atoms with Gasteiger partial charge in [0.15, 0.2) is 11.6 Å². The summed E-state index contributed by atoms with van der Waals surface area (Å²) >= 11 is 0. The molecule has 1 fully saturated rings. The number of ether oxygens (including phenoxy) is 1. The third kappa shape index (κ3) is 4.05. The lowest BCUT2D eigenvalue weighted by atomic mass is 10.2. The van der Waals surface area contributed by atoms with Gasteiger partial charge >= 0.3 is 0 Å². The molecule has 0 atom stereocenters. The Kier molecular flexibility index (Phi) is 4.92. The second-order valence-electron chi connectivity index (χ2n) is 4.65. The monoisotopic (exact) mass is 292 g/mol. The first-order valence-electron chi connectivity index (χ1n) is 6.67. The van der Waals surface area contributed by atoms with Gasteiger partial charge in [0.2, 0.25) is 11.8 Å². The lowest BCUT2D eigenvalue weighted by molar-refractivity contribution is -0.125. The normalized spacial score (nSPS) is 15.7. The quantitative estimate of drug-likeness (QED) is 0.852. The van der Waals surface area contributed by atoms with Crippen molar-refractivity contribution in [2.45, 2.75) is 6.42 Å². The van der Waals surface area contributed by atoms with Gasteiger partial charge in [-0.25, -0.2) is 4.39 Å². The van der Waals surface area contributed by atoms with Crippen molar-refractivity contribution in [3.8, 4) is 5.75 Å². The van der Waals surface area contributed by atoms with Gasteiger partial charge in [-0.1, -0.05) is 6.07 Å². The summed E-state index contributed by atoms with van der Waals surface area (Å²) in [6.07, 6.45) is 3.23. The highest BCUT2D eigenvalue weighted by molar-refractivity contribution is 5.92. The Bertz CT molecular complexity index is 572. The van der Waals surface area contributed by atoms with E-state index in [4.69, 9.17) is 4.74 Å². The van der Waals surface area contributed by atoms with Crippen LogP contribution in [0.3, 0.4) is 0 Å². The van der Waals surface area contributed by atoms with Crippen LogP contribution in [0.5, 0.6) is 5.75 Å². The zero-order chi connectivity index (χ0) is 15.2. The topological polar surface area (TPSA) is 58.6 Å². The van der Waals surface area contributed by atoms with E-state index in [0.717, 1.165) is 0 Å². The summed E-state index contributed by atoms with van der Waals surface area (Å²) in [4.78, 5) is 24.8. The molecule has 0 bridgehead atoms. The summed E-state index contributed by atoms with van der Waals surface area (Å²) < 4.78 is 18.4. The van der Waals surface area contributed by atoms with Crippen molar-refractivity contribution in [1.29, 1.82) is 0 Å². The number of hydrogen-bond donors (Lipinski definition) is 1. The third-order valence-corrected chi connectivity index (χ3v) is 3.22. The van der Waals surface area contributed by atoms with Crippen molar-refractivity contribution in [1.82, 2.24) is 10.2 Å². The van der Waals surface area contributed by atoms with Crippen LogP contribution in [0.4, 0.5) is 4.39 Å². The molecular formula is C15H17FN2O3. The summed E-state index contributed by atoms with van der Waals surface area (Å²) in [5.41, 5.74) is 0.575. The lowest BCUT2D eigenvalue weighted by Crippen LogP contribution is -2.32. The third-order valence-electron chi connectivity index (χ3n) is 3.22. The Hall–Kier alpha value is -2.37. The van der Waals surface area contributed by atoms with Crippen LogP contribution in [0.25, 0.3) is 6.08 Å². The number of nitrogens with one attached hydrogen (secondary N) is 1. The second-order valence-corrected chi connectivity index (χ2v) is 4.65. The predicted octanol–water partition coefficient (Wildman–Crippen LogP) is 1.20. The number of nitrogens with zero attached hydrogens (tertiary/aromatic N) is 1. The number of hydrogen-bond acceptors (Lipinski definition) is 3. The van der Waals surface area contributed by atoms with E-state index in [0.29, 0.717) is 31.6 Å². The Balaban J connectivity index is 2.01. The molecule has 5 nitrogen and oxygen atoms in total. The van der Waals surface area contributed by atoms with Crippen LogP contribution in [0.2, 0.25) is 0 Å².